The van der Waals surface area contributed by atoms with E-state index in [0.717, 1.165) is 56.5 Å². The summed E-state index contributed by atoms with van der Waals surface area (Å²) in [4.78, 5) is 18.5. The van der Waals surface area contributed by atoms with Gasteiger partial charge in [-0.1, -0.05) is 12.8 Å². The lowest BCUT2D eigenvalue weighted by atomic mass is 9.94. The number of amides is 1. The number of rotatable bonds is 7. The van der Waals surface area contributed by atoms with E-state index in [1.807, 2.05) is 24.3 Å². The number of aryl methyl sites for hydroxylation is 1. The first-order valence-electron chi connectivity index (χ1n) is 9.88. The number of nitrogens with zero attached hydrogens (tertiary/aromatic N) is 1. The van der Waals surface area contributed by atoms with Crippen molar-refractivity contribution in [3.8, 4) is 5.75 Å². The minimum Gasteiger partial charge on any atom is -0.497 e. The van der Waals surface area contributed by atoms with Gasteiger partial charge in [0.15, 0.2) is 0 Å². The number of anilines is 1. The van der Waals surface area contributed by atoms with Crippen LogP contribution in [0.4, 0.5) is 5.69 Å². The van der Waals surface area contributed by atoms with Crippen LogP contribution in [-0.2, 0) is 11.3 Å². The van der Waals surface area contributed by atoms with E-state index < -0.39 is 5.54 Å². The predicted molar refractivity (Wildman–Crippen MR) is 110 cm³/mol. The largest absolute Gasteiger partial charge is 0.497 e. The summed E-state index contributed by atoms with van der Waals surface area (Å²) in [6, 6.07) is 12.6. The number of methoxy groups -OCH3 is 1. The first-order valence-corrected chi connectivity index (χ1v) is 10.7. The first-order chi connectivity index (χ1) is 13.1. The minimum absolute atomic E-state index is 0.282. The maximum absolute atomic E-state index is 13.7. The Kier molecular flexibility index (Phi) is 5.13. The van der Waals surface area contributed by atoms with Crippen molar-refractivity contribution in [2.24, 2.45) is 0 Å². The first kappa shape index (κ1) is 18.4. The Morgan fingerprint density at radius 1 is 1.19 bits per heavy atom. The molecule has 1 heterocycles. The molecule has 27 heavy (non-hydrogen) atoms. The second-order valence-corrected chi connectivity index (χ2v) is 9.19. The van der Waals surface area contributed by atoms with Crippen LogP contribution in [0.5, 0.6) is 5.75 Å². The van der Waals surface area contributed by atoms with Gasteiger partial charge in [0.05, 0.1) is 13.7 Å². The molecule has 5 heteroatoms. The molecule has 4 nitrogen and oxygen atoms in total. The van der Waals surface area contributed by atoms with E-state index in [0.29, 0.717) is 6.04 Å². The van der Waals surface area contributed by atoms with Crippen LogP contribution in [0.1, 0.15) is 48.3 Å². The summed E-state index contributed by atoms with van der Waals surface area (Å²) in [5.74, 6) is 1.12. The van der Waals surface area contributed by atoms with Crippen molar-refractivity contribution in [3.05, 3.63) is 46.2 Å². The third-order valence-electron chi connectivity index (χ3n) is 5.71. The Balaban J connectivity index is 1.56. The highest BCUT2D eigenvalue weighted by Crippen LogP contribution is 2.39. The topological polar surface area (TPSA) is 41.6 Å². The minimum atomic E-state index is -0.469. The Labute approximate surface area is 165 Å². The number of ether oxygens (including phenoxy) is 1. The van der Waals surface area contributed by atoms with Gasteiger partial charge >= 0.3 is 0 Å². The van der Waals surface area contributed by atoms with Crippen molar-refractivity contribution in [2.75, 3.05) is 12.4 Å². The number of carbonyl (C=O) groups excluding carboxylic acids is 1. The molecule has 0 unspecified atom stereocenters. The summed E-state index contributed by atoms with van der Waals surface area (Å²) in [7, 11) is 1.67. The molecule has 2 aromatic rings. The highest BCUT2D eigenvalue weighted by atomic mass is 32.1. The standard InChI is InChI=1S/C22H28N2O2S/c1-16-5-12-20(27-16)15-24(18-8-9-18)21(25)22(13-3-4-14-22)23-17-6-10-19(26-2)11-7-17/h5-7,10-12,18,23H,3-4,8-9,13-15H2,1-2H3. The maximum Gasteiger partial charge on any atom is 0.248 e. The van der Waals surface area contributed by atoms with Gasteiger partial charge in [-0.2, -0.15) is 0 Å². The van der Waals surface area contributed by atoms with Gasteiger partial charge in [0.25, 0.3) is 0 Å². The fraction of sp³-hybridized carbons (Fsp3) is 0.500. The molecule has 2 saturated carbocycles. The maximum atomic E-state index is 13.7. The van der Waals surface area contributed by atoms with Crippen molar-refractivity contribution in [1.82, 2.24) is 4.90 Å². The summed E-state index contributed by atoms with van der Waals surface area (Å²) < 4.78 is 5.26. The number of hydrogen-bond acceptors (Lipinski definition) is 4. The molecular weight excluding hydrogens is 356 g/mol. The fourth-order valence-electron chi connectivity index (χ4n) is 4.09. The highest BCUT2D eigenvalue weighted by Gasteiger charge is 2.47. The molecule has 1 aromatic carbocycles. The number of thiophene rings is 1. The molecule has 2 aliphatic rings. The van der Waals surface area contributed by atoms with Crippen LogP contribution >= 0.6 is 11.3 Å². The Morgan fingerprint density at radius 3 is 2.44 bits per heavy atom. The van der Waals surface area contributed by atoms with Crippen LogP contribution in [0.3, 0.4) is 0 Å². The van der Waals surface area contributed by atoms with Crippen LogP contribution in [0.2, 0.25) is 0 Å². The zero-order valence-electron chi connectivity index (χ0n) is 16.2. The van der Waals surface area contributed by atoms with E-state index in [1.165, 1.54) is 9.75 Å². The molecule has 0 aliphatic heterocycles. The van der Waals surface area contributed by atoms with Gasteiger partial charge in [0, 0.05) is 21.5 Å². The molecule has 144 valence electrons. The van der Waals surface area contributed by atoms with Gasteiger partial charge < -0.3 is 15.0 Å². The zero-order valence-corrected chi connectivity index (χ0v) is 17.0. The van der Waals surface area contributed by atoms with E-state index in [9.17, 15) is 4.79 Å². The van der Waals surface area contributed by atoms with Crippen molar-refractivity contribution >= 4 is 22.9 Å². The number of benzene rings is 1. The Hall–Kier alpha value is -2.01. The normalized spacial score (nSPS) is 18.3. The van der Waals surface area contributed by atoms with Crippen LogP contribution in [-0.4, -0.2) is 29.5 Å². The molecule has 0 bridgehead atoms. The number of carbonyl (C=O) groups is 1. The summed E-state index contributed by atoms with van der Waals surface area (Å²) >= 11 is 1.80. The van der Waals surface area contributed by atoms with Crippen LogP contribution in [0.15, 0.2) is 36.4 Å². The average molecular weight is 385 g/mol. The SMILES string of the molecule is COc1ccc(NC2(C(=O)N(Cc3ccc(C)s3)C3CC3)CCCC2)cc1. The van der Waals surface area contributed by atoms with Gasteiger partial charge in [-0.05, 0) is 69.0 Å². The molecule has 1 amide bonds. The summed E-state index contributed by atoms with van der Waals surface area (Å²) in [5.41, 5.74) is 0.525. The van der Waals surface area contributed by atoms with Crippen LogP contribution in [0.25, 0.3) is 0 Å². The summed E-state index contributed by atoms with van der Waals surface area (Å²) in [5, 5.41) is 3.62. The molecule has 2 aliphatic carbocycles. The average Bonchev–Trinajstić information content (AvgIpc) is 3.27. The monoisotopic (exact) mass is 384 g/mol. The molecule has 0 atom stereocenters. The van der Waals surface area contributed by atoms with E-state index in [2.05, 4.69) is 29.3 Å². The second-order valence-electron chi connectivity index (χ2n) is 7.82. The van der Waals surface area contributed by atoms with E-state index >= 15 is 0 Å². The van der Waals surface area contributed by atoms with Crippen molar-refractivity contribution < 1.29 is 9.53 Å². The molecule has 2 fully saturated rings. The number of hydrogen-bond donors (Lipinski definition) is 1. The molecule has 0 spiro atoms. The van der Waals surface area contributed by atoms with Crippen molar-refractivity contribution in [1.29, 1.82) is 0 Å². The molecule has 4 rings (SSSR count). The van der Waals surface area contributed by atoms with E-state index in [1.54, 1.807) is 18.4 Å². The van der Waals surface area contributed by atoms with Gasteiger partial charge in [-0.3, -0.25) is 4.79 Å². The lowest BCUT2D eigenvalue weighted by Crippen LogP contribution is -2.52. The third-order valence-corrected chi connectivity index (χ3v) is 6.70. The second kappa shape index (κ2) is 7.55. The van der Waals surface area contributed by atoms with Crippen molar-refractivity contribution in [3.63, 3.8) is 0 Å². The van der Waals surface area contributed by atoms with Crippen molar-refractivity contribution in [2.45, 2.75) is 63.6 Å². The molecule has 0 saturated heterocycles. The summed E-state index contributed by atoms with van der Waals surface area (Å²) in [6.45, 7) is 2.87. The zero-order chi connectivity index (χ0) is 18.9. The van der Waals surface area contributed by atoms with Gasteiger partial charge in [-0.15, -0.1) is 11.3 Å². The smallest absolute Gasteiger partial charge is 0.248 e. The molecule has 0 radical (unpaired) electrons. The van der Waals surface area contributed by atoms with Gasteiger partial charge in [-0.25, -0.2) is 0 Å². The number of nitrogens with one attached hydrogen (secondary N) is 1. The Bertz CT molecular complexity index is 789. The lowest BCUT2D eigenvalue weighted by Gasteiger charge is -2.36. The highest BCUT2D eigenvalue weighted by molar-refractivity contribution is 7.11. The Morgan fingerprint density at radius 2 is 1.89 bits per heavy atom. The third kappa shape index (κ3) is 3.98. The quantitative estimate of drug-likeness (QED) is 0.732. The molecule has 1 N–H and O–H groups in total. The predicted octanol–water partition coefficient (Wildman–Crippen LogP) is 4.98. The summed E-state index contributed by atoms with van der Waals surface area (Å²) in [6.07, 6.45) is 6.29. The van der Waals surface area contributed by atoms with E-state index in [4.69, 9.17) is 4.74 Å². The van der Waals surface area contributed by atoms with E-state index in [-0.39, 0.29) is 5.91 Å². The van der Waals surface area contributed by atoms with Crippen LogP contribution < -0.4 is 10.1 Å². The molecular formula is C22H28N2O2S. The molecule has 1 aromatic heterocycles. The van der Waals surface area contributed by atoms with Gasteiger partial charge in [0.2, 0.25) is 5.91 Å². The fourth-order valence-corrected chi connectivity index (χ4v) is 4.98. The lowest BCUT2D eigenvalue weighted by molar-refractivity contribution is -0.137. The van der Waals surface area contributed by atoms with Gasteiger partial charge in [0.1, 0.15) is 11.3 Å². The van der Waals surface area contributed by atoms with Crippen LogP contribution in [0, 0.1) is 6.92 Å².